The van der Waals surface area contributed by atoms with Crippen LogP contribution in [0.2, 0.25) is 0 Å². The Balaban J connectivity index is 1.57. The minimum absolute atomic E-state index is 0.0882. The Morgan fingerprint density at radius 1 is 1.16 bits per heavy atom. The SMILES string of the molecule is C[C@@H]1C[C@H](C)CN(Cc2ccccc2CNC(=O)[C@@H]2COCCO2)C1. The van der Waals surface area contributed by atoms with Gasteiger partial charge in [-0.1, -0.05) is 38.1 Å². The van der Waals surface area contributed by atoms with Crippen molar-refractivity contribution in [2.45, 2.75) is 39.5 Å². The molecule has 2 heterocycles. The molecule has 1 N–H and O–H groups in total. The van der Waals surface area contributed by atoms with Gasteiger partial charge < -0.3 is 14.8 Å². The molecule has 0 saturated carbocycles. The highest BCUT2D eigenvalue weighted by Gasteiger charge is 2.24. The Morgan fingerprint density at radius 2 is 1.88 bits per heavy atom. The molecule has 0 radical (unpaired) electrons. The summed E-state index contributed by atoms with van der Waals surface area (Å²) in [5, 5.41) is 3.00. The fraction of sp³-hybridized carbons (Fsp3) is 0.650. The molecule has 2 aliphatic heterocycles. The third-order valence-electron chi connectivity index (χ3n) is 5.02. The lowest BCUT2D eigenvalue weighted by atomic mass is 9.91. The lowest BCUT2D eigenvalue weighted by molar-refractivity contribution is -0.147. The van der Waals surface area contributed by atoms with Crippen LogP contribution in [0.15, 0.2) is 24.3 Å². The Bertz CT molecular complexity index is 562. The van der Waals surface area contributed by atoms with E-state index in [4.69, 9.17) is 9.47 Å². The zero-order chi connectivity index (χ0) is 17.6. The van der Waals surface area contributed by atoms with Crippen molar-refractivity contribution in [3.63, 3.8) is 0 Å². The number of piperidine rings is 1. The summed E-state index contributed by atoms with van der Waals surface area (Å²) in [6, 6.07) is 8.39. The van der Waals surface area contributed by atoms with Crippen LogP contribution in [0.1, 0.15) is 31.4 Å². The fourth-order valence-electron chi connectivity index (χ4n) is 3.98. The number of carbonyl (C=O) groups excluding carboxylic acids is 1. The number of carbonyl (C=O) groups is 1. The van der Waals surface area contributed by atoms with E-state index in [9.17, 15) is 4.79 Å². The average Bonchev–Trinajstić information content (AvgIpc) is 2.60. The average molecular weight is 346 g/mol. The predicted octanol–water partition coefficient (Wildman–Crippen LogP) is 2.20. The monoisotopic (exact) mass is 346 g/mol. The zero-order valence-corrected chi connectivity index (χ0v) is 15.4. The molecule has 5 heteroatoms. The second-order valence-corrected chi connectivity index (χ2v) is 7.56. The van der Waals surface area contributed by atoms with Gasteiger partial charge in [-0.15, -0.1) is 0 Å². The predicted molar refractivity (Wildman–Crippen MR) is 97.1 cm³/mol. The van der Waals surface area contributed by atoms with Gasteiger partial charge in [-0.05, 0) is 29.4 Å². The van der Waals surface area contributed by atoms with E-state index in [1.54, 1.807) is 0 Å². The molecule has 25 heavy (non-hydrogen) atoms. The molecule has 2 aliphatic rings. The van der Waals surface area contributed by atoms with Crippen molar-refractivity contribution in [2.75, 3.05) is 32.9 Å². The van der Waals surface area contributed by atoms with Crippen molar-refractivity contribution < 1.29 is 14.3 Å². The van der Waals surface area contributed by atoms with Gasteiger partial charge >= 0.3 is 0 Å². The summed E-state index contributed by atoms with van der Waals surface area (Å²) < 4.78 is 10.8. The molecule has 0 unspecified atom stereocenters. The molecule has 1 aromatic rings. The first-order chi connectivity index (χ1) is 12.1. The molecule has 0 aromatic heterocycles. The Morgan fingerprint density at radius 3 is 2.56 bits per heavy atom. The molecule has 3 atom stereocenters. The summed E-state index contributed by atoms with van der Waals surface area (Å²) in [6.45, 7) is 9.85. The van der Waals surface area contributed by atoms with Gasteiger partial charge in [0, 0.05) is 26.2 Å². The van der Waals surface area contributed by atoms with E-state index in [1.807, 2.05) is 6.07 Å². The Hall–Kier alpha value is -1.43. The summed E-state index contributed by atoms with van der Waals surface area (Å²) in [6.07, 6.45) is 0.835. The highest BCUT2D eigenvalue weighted by atomic mass is 16.6. The number of rotatable bonds is 5. The molecule has 2 fully saturated rings. The smallest absolute Gasteiger partial charge is 0.251 e. The molecule has 138 valence electrons. The second-order valence-electron chi connectivity index (χ2n) is 7.56. The van der Waals surface area contributed by atoms with Crippen molar-refractivity contribution in [3.8, 4) is 0 Å². The van der Waals surface area contributed by atoms with Crippen molar-refractivity contribution in [3.05, 3.63) is 35.4 Å². The number of amides is 1. The lowest BCUT2D eigenvalue weighted by Gasteiger charge is -2.35. The topological polar surface area (TPSA) is 50.8 Å². The highest BCUT2D eigenvalue weighted by Crippen LogP contribution is 2.23. The van der Waals surface area contributed by atoms with E-state index in [0.29, 0.717) is 26.4 Å². The van der Waals surface area contributed by atoms with E-state index >= 15 is 0 Å². The van der Waals surface area contributed by atoms with E-state index in [-0.39, 0.29) is 5.91 Å². The summed E-state index contributed by atoms with van der Waals surface area (Å²) in [7, 11) is 0. The minimum atomic E-state index is -0.482. The zero-order valence-electron chi connectivity index (χ0n) is 15.4. The molecule has 0 aliphatic carbocycles. The van der Waals surface area contributed by atoms with E-state index in [0.717, 1.165) is 31.5 Å². The number of hydrogen-bond acceptors (Lipinski definition) is 4. The summed E-state index contributed by atoms with van der Waals surface area (Å²) in [4.78, 5) is 14.8. The van der Waals surface area contributed by atoms with E-state index in [1.165, 1.54) is 17.5 Å². The van der Waals surface area contributed by atoms with Gasteiger partial charge in [0.25, 0.3) is 5.91 Å². The quantitative estimate of drug-likeness (QED) is 0.888. The molecule has 2 saturated heterocycles. The highest BCUT2D eigenvalue weighted by molar-refractivity contribution is 5.81. The first-order valence-corrected chi connectivity index (χ1v) is 9.38. The van der Waals surface area contributed by atoms with E-state index in [2.05, 4.69) is 42.3 Å². The second kappa shape index (κ2) is 8.79. The van der Waals surface area contributed by atoms with Crippen LogP contribution >= 0.6 is 0 Å². The normalized spacial score (nSPS) is 27.8. The Kier molecular flexibility index (Phi) is 6.45. The Labute approximate surface area is 150 Å². The third kappa shape index (κ3) is 5.27. The first kappa shape index (κ1) is 18.4. The van der Waals surface area contributed by atoms with Gasteiger partial charge in [-0.25, -0.2) is 0 Å². The van der Waals surface area contributed by atoms with Crippen LogP contribution < -0.4 is 5.32 Å². The van der Waals surface area contributed by atoms with Gasteiger partial charge in [0.2, 0.25) is 0 Å². The molecule has 0 bridgehead atoms. The molecular formula is C20H30N2O3. The molecule has 0 spiro atoms. The maximum absolute atomic E-state index is 12.2. The van der Waals surface area contributed by atoms with Gasteiger partial charge in [-0.3, -0.25) is 9.69 Å². The van der Waals surface area contributed by atoms with Crippen LogP contribution in [0.25, 0.3) is 0 Å². The van der Waals surface area contributed by atoms with Gasteiger partial charge in [0.1, 0.15) is 0 Å². The van der Waals surface area contributed by atoms with Gasteiger partial charge in [0.05, 0.1) is 19.8 Å². The number of ether oxygens (including phenoxy) is 2. The van der Waals surface area contributed by atoms with Gasteiger partial charge in [0.15, 0.2) is 6.10 Å². The van der Waals surface area contributed by atoms with Crippen molar-refractivity contribution in [1.29, 1.82) is 0 Å². The fourth-order valence-corrected chi connectivity index (χ4v) is 3.98. The summed E-state index contributed by atoms with van der Waals surface area (Å²) in [5.41, 5.74) is 2.48. The number of nitrogens with zero attached hydrogens (tertiary/aromatic N) is 1. The minimum Gasteiger partial charge on any atom is -0.376 e. The van der Waals surface area contributed by atoms with Crippen LogP contribution in [0.3, 0.4) is 0 Å². The van der Waals surface area contributed by atoms with Crippen LogP contribution in [0.5, 0.6) is 0 Å². The van der Waals surface area contributed by atoms with Crippen LogP contribution in [-0.2, 0) is 27.4 Å². The summed E-state index contributed by atoms with van der Waals surface area (Å²) in [5.74, 6) is 1.41. The van der Waals surface area contributed by atoms with Crippen LogP contribution in [-0.4, -0.2) is 49.8 Å². The van der Waals surface area contributed by atoms with Crippen molar-refractivity contribution in [1.82, 2.24) is 10.2 Å². The lowest BCUT2D eigenvalue weighted by Crippen LogP contribution is -2.42. The van der Waals surface area contributed by atoms with Gasteiger partial charge in [-0.2, -0.15) is 0 Å². The molecule has 1 aromatic carbocycles. The summed E-state index contributed by atoms with van der Waals surface area (Å²) >= 11 is 0. The van der Waals surface area contributed by atoms with E-state index < -0.39 is 6.10 Å². The number of nitrogens with one attached hydrogen (secondary N) is 1. The first-order valence-electron chi connectivity index (χ1n) is 9.38. The van der Waals surface area contributed by atoms with Crippen molar-refractivity contribution in [2.24, 2.45) is 11.8 Å². The standard InChI is InChI=1S/C20H30N2O3/c1-15-9-16(2)12-22(11-15)13-18-6-4-3-5-17(18)10-21-20(23)19-14-24-7-8-25-19/h3-6,15-16,19H,7-14H2,1-2H3,(H,21,23)/t15-,16+,19-/m0/s1. The molecular weight excluding hydrogens is 316 g/mol. The molecule has 1 amide bonds. The van der Waals surface area contributed by atoms with Crippen LogP contribution in [0.4, 0.5) is 0 Å². The van der Waals surface area contributed by atoms with Crippen LogP contribution in [0, 0.1) is 11.8 Å². The molecule has 3 rings (SSSR count). The third-order valence-corrected chi connectivity index (χ3v) is 5.02. The maximum Gasteiger partial charge on any atom is 0.251 e. The molecule has 5 nitrogen and oxygen atoms in total. The number of likely N-dealkylation sites (tertiary alicyclic amines) is 1. The number of benzene rings is 1. The largest absolute Gasteiger partial charge is 0.376 e. The number of hydrogen-bond donors (Lipinski definition) is 1. The van der Waals surface area contributed by atoms with Crippen molar-refractivity contribution >= 4 is 5.91 Å². The maximum atomic E-state index is 12.2.